The smallest absolute Gasteiger partial charge is 0.222 e. The number of nitrogens with one attached hydrogen (secondary N) is 3. The van der Waals surface area contributed by atoms with Gasteiger partial charge >= 0.3 is 0 Å². The minimum Gasteiger partial charge on any atom is -0.395 e. The van der Waals surface area contributed by atoms with Crippen LogP contribution in [0.5, 0.6) is 0 Å². The quantitative estimate of drug-likeness (QED) is 0.358. The van der Waals surface area contributed by atoms with E-state index in [0.29, 0.717) is 24.5 Å². The maximum Gasteiger partial charge on any atom is 0.222 e. The minimum atomic E-state index is 0.158. The van der Waals surface area contributed by atoms with Gasteiger partial charge in [-0.2, -0.15) is 0 Å². The Morgan fingerprint density at radius 1 is 0.903 bits per heavy atom. The highest BCUT2D eigenvalue weighted by atomic mass is 16.3. The van der Waals surface area contributed by atoms with Gasteiger partial charge in [0.2, 0.25) is 5.95 Å². The summed E-state index contributed by atoms with van der Waals surface area (Å²) in [6.45, 7) is 3.30. The third kappa shape index (κ3) is 6.00. The SMILES string of the molecule is OCCNCCNc1ncc([C@@H]2CC[C@H](NCCc3cccc4ccccc34)C2)cn1. The van der Waals surface area contributed by atoms with Crippen LogP contribution in [-0.2, 0) is 6.42 Å². The van der Waals surface area contributed by atoms with Crippen LogP contribution in [0.1, 0.15) is 36.3 Å². The van der Waals surface area contributed by atoms with Crippen LogP contribution in [0.25, 0.3) is 10.8 Å². The summed E-state index contributed by atoms with van der Waals surface area (Å²) in [5.74, 6) is 1.20. The lowest BCUT2D eigenvalue weighted by molar-refractivity contribution is 0.293. The van der Waals surface area contributed by atoms with Crippen molar-refractivity contribution in [1.29, 1.82) is 0 Å². The zero-order valence-corrected chi connectivity index (χ0v) is 18.1. The first-order valence-electron chi connectivity index (χ1n) is 11.4. The zero-order valence-electron chi connectivity index (χ0n) is 18.1. The number of benzene rings is 2. The molecule has 0 bridgehead atoms. The number of hydrogen-bond acceptors (Lipinski definition) is 6. The van der Waals surface area contributed by atoms with Crippen molar-refractivity contribution in [1.82, 2.24) is 20.6 Å². The fourth-order valence-corrected chi connectivity index (χ4v) is 4.50. The molecular formula is C25H33N5O. The maximum absolute atomic E-state index is 8.76. The first-order chi connectivity index (χ1) is 15.3. The van der Waals surface area contributed by atoms with E-state index < -0.39 is 0 Å². The van der Waals surface area contributed by atoms with Crippen molar-refractivity contribution < 1.29 is 5.11 Å². The third-order valence-corrected chi connectivity index (χ3v) is 6.16. The summed E-state index contributed by atoms with van der Waals surface area (Å²) in [6.07, 6.45) is 8.54. The van der Waals surface area contributed by atoms with Crippen LogP contribution < -0.4 is 16.0 Å². The zero-order chi connectivity index (χ0) is 21.3. The lowest BCUT2D eigenvalue weighted by Crippen LogP contribution is -2.28. The topological polar surface area (TPSA) is 82.1 Å². The Hall–Kier alpha value is -2.54. The van der Waals surface area contributed by atoms with E-state index in [-0.39, 0.29) is 6.61 Å². The van der Waals surface area contributed by atoms with E-state index in [2.05, 4.69) is 68.4 Å². The summed E-state index contributed by atoms with van der Waals surface area (Å²) in [6, 6.07) is 15.8. The Morgan fingerprint density at radius 2 is 1.74 bits per heavy atom. The molecule has 2 atom stereocenters. The molecule has 164 valence electrons. The summed E-state index contributed by atoms with van der Waals surface area (Å²) in [5.41, 5.74) is 2.66. The van der Waals surface area contributed by atoms with Gasteiger partial charge in [-0.3, -0.25) is 0 Å². The highest BCUT2D eigenvalue weighted by Crippen LogP contribution is 2.34. The average Bonchev–Trinajstić information content (AvgIpc) is 3.28. The molecule has 0 unspecified atom stereocenters. The van der Waals surface area contributed by atoms with Gasteiger partial charge in [0.15, 0.2) is 0 Å². The van der Waals surface area contributed by atoms with E-state index in [1.54, 1.807) is 0 Å². The number of nitrogens with zero attached hydrogens (tertiary/aromatic N) is 2. The molecular weight excluding hydrogens is 386 g/mol. The molecule has 6 nitrogen and oxygen atoms in total. The predicted octanol–water partition coefficient (Wildman–Crippen LogP) is 3.09. The minimum absolute atomic E-state index is 0.158. The highest BCUT2D eigenvalue weighted by Gasteiger charge is 2.26. The molecule has 4 N–H and O–H groups in total. The van der Waals surface area contributed by atoms with E-state index in [9.17, 15) is 0 Å². The number of aliphatic hydroxyl groups excluding tert-OH is 1. The summed E-state index contributed by atoms with van der Waals surface area (Å²) in [5, 5.41) is 21.6. The normalized spacial score (nSPS) is 18.5. The van der Waals surface area contributed by atoms with Gasteiger partial charge in [0.1, 0.15) is 0 Å². The predicted molar refractivity (Wildman–Crippen MR) is 127 cm³/mol. The van der Waals surface area contributed by atoms with Gasteiger partial charge in [0.05, 0.1) is 6.61 Å². The monoisotopic (exact) mass is 419 g/mol. The Kier molecular flexibility index (Phi) is 7.82. The molecule has 0 amide bonds. The van der Waals surface area contributed by atoms with Gasteiger partial charge in [-0.05, 0) is 60.0 Å². The van der Waals surface area contributed by atoms with E-state index in [0.717, 1.165) is 32.5 Å². The fraction of sp³-hybridized carbons (Fsp3) is 0.440. The van der Waals surface area contributed by atoms with Crippen LogP contribution >= 0.6 is 0 Å². The summed E-state index contributed by atoms with van der Waals surface area (Å²) < 4.78 is 0. The Labute approximate surface area is 184 Å². The van der Waals surface area contributed by atoms with Gasteiger partial charge in [-0.15, -0.1) is 0 Å². The van der Waals surface area contributed by atoms with Gasteiger partial charge in [-0.25, -0.2) is 9.97 Å². The van der Waals surface area contributed by atoms with Crippen molar-refractivity contribution in [3.63, 3.8) is 0 Å². The van der Waals surface area contributed by atoms with Crippen molar-refractivity contribution in [3.8, 4) is 0 Å². The Balaban J connectivity index is 1.21. The standard InChI is InChI=1S/C25H33N5O/c31-15-14-26-12-13-28-25-29-17-22(18-30-25)21-8-9-23(16-21)27-11-10-20-6-3-5-19-4-1-2-7-24(19)20/h1-7,17-18,21,23,26-27,31H,8-16H2,(H,28,29,30)/t21-,23+/m1/s1. The van der Waals surface area contributed by atoms with Gasteiger partial charge in [-0.1, -0.05) is 42.5 Å². The largest absolute Gasteiger partial charge is 0.395 e. The molecule has 1 aliphatic carbocycles. The highest BCUT2D eigenvalue weighted by molar-refractivity contribution is 5.85. The molecule has 3 aromatic rings. The lowest BCUT2D eigenvalue weighted by Gasteiger charge is -2.14. The number of aliphatic hydroxyl groups is 1. The molecule has 1 heterocycles. The maximum atomic E-state index is 8.76. The Morgan fingerprint density at radius 3 is 2.61 bits per heavy atom. The molecule has 0 radical (unpaired) electrons. The van der Waals surface area contributed by atoms with E-state index in [4.69, 9.17) is 5.11 Å². The number of hydrogen-bond donors (Lipinski definition) is 4. The molecule has 0 saturated heterocycles. The van der Waals surface area contributed by atoms with Gasteiger partial charge < -0.3 is 21.1 Å². The number of anilines is 1. The Bertz CT molecular complexity index is 941. The molecule has 1 saturated carbocycles. The first-order valence-corrected chi connectivity index (χ1v) is 11.4. The van der Waals surface area contributed by atoms with Gasteiger partial charge in [0.25, 0.3) is 0 Å². The van der Waals surface area contributed by atoms with Crippen molar-refractivity contribution >= 4 is 16.7 Å². The van der Waals surface area contributed by atoms with Gasteiger partial charge in [0, 0.05) is 38.1 Å². The second kappa shape index (κ2) is 11.2. The van der Waals surface area contributed by atoms with E-state index in [1.807, 2.05) is 12.4 Å². The summed E-state index contributed by atoms with van der Waals surface area (Å²) >= 11 is 0. The molecule has 1 aliphatic rings. The molecule has 4 rings (SSSR count). The van der Waals surface area contributed by atoms with Crippen molar-refractivity contribution in [2.75, 3.05) is 38.1 Å². The molecule has 0 spiro atoms. The van der Waals surface area contributed by atoms with E-state index in [1.165, 1.54) is 34.7 Å². The molecule has 1 fully saturated rings. The van der Waals surface area contributed by atoms with Crippen LogP contribution in [0.15, 0.2) is 54.9 Å². The second-order valence-corrected chi connectivity index (χ2v) is 8.29. The van der Waals surface area contributed by atoms with Crippen LogP contribution in [0.4, 0.5) is 5.95 Å². The van der Waals surface area contributed by atoms with Crippen LogP contribution in [0.2, 0.25) is 0 Å². The summed E-state index contributed by atoms with van der Waals surface area (Å²) in [4.78, 5) is 8.95. The lowest BCUT2D eigenvalue weighted by atomic mass is 10.0. The van der Waals surface area contributed by atoms with Crippen LogP contribution in [0.3, 0.4) is 0 Å². The molecule has 6 heteroatoms. The molecule has 31 heavy (non-hydrogen) atoms. The van der Waals surface area contributed by atoms with Crippen LogP contribution in [-0.4, -0.2) is 53.9 Å². The second-order valence-electron chi connectivity index (χ2n) is 8.29. The van der Waals surface area contributed by atoms with E-state index >= 15 is 0 Å². The van der Waals surface area contributed by atoms with Crippen molar-refractivity contribution in [2.24, 2.45) is 0 Å². The number of rotatable bonds is 11. The molecule has 0 aliphatic heterocycles. The number of aromatic nitrogens is 2. The molecule has 1 aromatic heterocycles. The van der Waals surface area contributed by atoms with Crippen LogP contribution in [0, 0.1) is 0 Å². The molecule has 2 aromatic carbocycles. The fourth-order valence-electron chi connectivity index (χ4n) is 4.50. The van der Waals surface area contributed by atoms with Crippen molar-refractivity contribution in [2.45, 2.75) is 37.6 Å². The third-order valence-electron chi connectivity index (χ3n) is 6.16. The first kappa shape index (κ1) is 21.7. The number of fused-ring (bicyclic) bond motifs is 1. The van der Waals surface area contributed by atoms with Crippen molar-refractivity contribution in [3.05, 3.63) is 66.0 Å². The summed E-state index contributed by atoms with van der Waals surface area (Å²) in [7, 11) is 0. The average molecular weight is 420 g/mol.